The number of hydrogen-bond acceptors (Lipinski definition) is 5. The summed E-state index contributed by atoms with van der Waals surface area (Å²) in [5.74, 6) is 0.699. The summed E-state index contributed by atoms with van der Waals surface area (Å²) in [5, 5.41) is 19.3. The summed E-state index contributed by atoms with van der Waals surface area (Å²) in [6.07, 6.45) is 3.34. The molecule has 0 aliphatic rings. The summed E-state index contributed by atoms with van der Waals surface area (Å²) < 4.78 is 9.89. The van der Waals surface area contributed by atoms with Gasteiger partial charge in [0.15, 0.2) is 5.75 Å². The Balaban J connectivity index is 2.53. The van der Waals surface area contributed by atoms with Crippen molar-refractivity contribution < 1.29 is 19.4 Å². The second kappa shape index (κ2) is 4.38. The highest BCUT2D eigenvalue weighted by atomic mass is 16.6. The SMILES string of the molecule is COc1cc2cnccc2cc1OB(O)O. The smallest absolute Gasteiger partial charge is 0.509 e. The zero-order valence-corrected chi connectivity index (χ0v) is 8.62. The minimum atomic E-state index is -1.87. The van der Waals surface area contributed by atoms with E-state index in [1.165, 1.54) is 7.11 Å². The first-order chi connectivity index (χ1) is 7.70. The second-order valence-electron chi connectivity index (χ2n) is 3.17. The van der Waals surface area contributed by atoms with Crippen molar-refractivity contribution in [1.29, 1.82) is 0 Å². The average Bonchev–Trinajstić information content (AvgIpc) is 2.27. The van der Waals surface area contributed by atoms with Crippen LogP contribution in [-0.4, -0.2) is 29.5 Å². The van der Waals surface area contributed by atoms with Crippen LogP contribution >= 0.6 is 0 Å². The van der Waals surface area contributed by atoms with E-state index in [1.807, 2.05) is 0 Å². The maximum absolute atomic E-state index is 8.76. The molecule has 0 amide bonds. The van der Waals surface area contributed by atoms with E-state index in [0.29, 0.717) is 5.75 Å². The van der Waals surface area contributed by atoms with Crippen molar-refractivity contribution in [2.45, 2.75) is 0 Å². The fraction of sp³-hybridized carbons (Fsp3) is 0.100. The molecular weight excluding hydrogens is 209 g/mol. The number of nitrogens with zero attached hydrogens (tertiary/aromatic N) is 1. The second-order valence-corrected chi connectivity index (χ2v) is 3.17. The van der Waals surface area contributed by atoms with Gasteiger partial charge in [0.25, 0.3) is 0 Å². The molecule has 16 heavy (non-hydrogen) atoms. The lowest BCUT2D eigenvalue weighted by Gasteiger charge is -2.11. The van der Waals surface area contributed by atoms with Gasteiger partial charge in [-0.2, -0.15) is 0 Å². The number of aromatic nitrogens is 1. The number of methoxy groups -OCH3 is 1. The molecule has 0 atom stereocenters. The molecule has 0 bridgehead atoms. The van der Waals surface area contributed by atoms with Crippen LogP contribution in [0.4, 0.5) is 0 Å². The molecule has 0 fully saturated rings. The van der Waals surface area contributed by atoms with E-state index >= 15 is 0 Å². The van der Waals surface area contributed by atoms with Gasteiger partial charge in [0.1, 0.15) is 5.75 Å². The first-order valence-electron chi connectivity index (χ1n) is 4.65. The minimum Gasteiger partial charge on any atom is -0.509 e. The molecule has 0 aliphatic carbocycles. The largest absolute Gasteiger partial charge is 0.707 e. The minimum absolute atomic E-state index is 0.274. The Labute approximate surface area is 92.4 Å². The van der Waals surface area contributed by atoms with Crippen molar-refractivity contribution >= 4 is 18.1 Å². The van der Waals surface area contributed by atoms with Gasteiger partial charge in [-0.05, 0) is 23.6 Å². The molecule has 1 aromatic heterocycles. The average molecular weight is 219 g/mol. The van der Waals surface area contributed by atoms with E-state index in [1.54, 1.807) is 30.6 Å². The van der Waals surface area contributed by atoms with E-state index in [9.17, 15) is 0 Å². The Morgan fingerprint density at radius 1 is 1.19 bits per heavy atom. The first kappa shape index (κ1) is 10.7. The summed E-state index contributed by atoms with van der Waals surface area (Å²) in [6, 6.07) is 5.18. The summed E-state index contributed by atoms with van der Waals surface area (Å²) in [5.41, 5.74) is 0. The summed E-state index contributed by atoms with van der Waals surface area (Å²) in [6.45, 7) is 0. The maximum Gasteiger partial charge on any atom is 0.707 e. The highest BCUT2D eigenvalue weighted by Gasteiger charge is 2.15. The summed E-state index contributed by atoms with van der Waals surface area (Å²) in [4.78, 5) is 3.98. The highest BCUT2D eigenvalue weighted by Crippen LogP contribution is 2.31. The lowest BCUT2D eigenvalue weighted by atomic mass is 10.1. The van der Waals surface area contributed by atoms with Crippen molar-refractivity contribution in [3.8, 4) is 11.5 Å². The molecule has 0 radical (unpaired) electrons. The molecule has 0 aliphatic heterocycles. The van der Waals surface area contributed by atoms with Gasteiger partial charge in [-0.15, -0.1) is 0 Å². The third kappa shape index (κ3) is 2.07. The lowest BCUT2D eigenvalue weighted by Crippen LogP contribution is -2.20. The van der Waals surface area contributed by atoms with Crippen LogP contribution in [0.25, 0.3) is 10.8 Å². The van der Waals surface area contributed by atoms with Crippen LogP contribution in [0.5, 0.6) is 11.5 Å². The Bertz CT molecular complexity index is 503. The number of benzene rings is 1. The van der Waals surface area contributed by atoms with Crippen LogP contribution in [0, 0.1) is 0 Å². The van der Waals surface area contributed by atoms with Crippen LogP contribution < -0.4 is 9.39 Å². The quantitative estimate of drug-likeness (QED) is 0.739. The predicted octanol–water partition coefficient (Wildman–Crippen LogP) is 0.592. The van der Waals surface area contributed by atoms with Gasteiger partial charge in [0.2, 0.25) is 0 Å². The number of pyridine rings is 1. The van der Waals surface area contributed by atoms with Gasteiger partial charge in [0, 0.05) is 17.8 Å². The van der Waals surface area contributed by atoms with Gasteiger partial charge in [0.05, 0.1) is 7.11 Å². The zero-order chi connectivity index (χ0) is 11.5. The van der Waals surface area contributed by atoms with Crippen molar-refractivity contribution in [1.82, 2.24) is 4.98 Å². The molecule has 82 valence electrons. The molecule has 5 nitrogen and oxygen atoms in total. The zero-order valence-electron chi connectivity index (χ0n) is 8.62. The highest BCUT2D eigenvalue weighted by molar-refractivity contribution is 6.33. The maximum atomic E-state index is 8.76. The molecule has 2 rings (SSSR count). The van der Waals surface area contributed by atoms with E-state index in [2.05, 4.69) is 4.98 Å². The number of hydrogen-bond donors (Lipinski definition) is 2. The third-order valence-corrected chi connectivity index (χ3v) is 2.16. The molecule has 0 saturated heterocycles. The Morgan fingerprint density at radius 2 is 1.94 bits per heavy atom. The van der Waals surface area contributed by atoms with Gasteiger partial charge < -0.3 is 19.4 Å². The van der Waals surface area contributed by atoms with Crippen LogP contribution in [0.15, 0.2) is 30.6 Å². The Hall–Kier alpha value is -1.79. The number of rotatable bonds is 3. The van der Waals surface area contributed by atoms with E-state index in [-0.39, 0.29) is 5.75 Å². The molecule has 6 heteroatoms. The normalized spacial score (nSPS) is 10.2. The van der Waals surface area contributed by atoms with E-state index in [0.717, 1.165) is 10.8 Å². The van der Waals surface area contributed by atoms with Crippen molar-refractivity contribution in [2.75, 3.05) is 7.11 Å². The Morgan fingerprint density at radius 3 is 2.62 bits per heavy atom. The molecule has 2 N–H and O–H groups in total. The first-order valence-corrected chi connectivity index (χ1v) is 4.65. The number of ether oxygens (including phenoxy) is 1. The molecule has 0 unspecified atom stereocenters. The molecule has 2 aromatic rings. The molecule has 0 spiro atoms. The third-order valence-electron chi connectivity index (χ3n) is 2.16. The molecule has 1 heterocycles. The van der Waals surface area contributed by atoms with E-state index in [4.69, 9.17) is 19.4 Å². The molecule has 1 aromatic carbocycles. The predicted molar refractivity (Wildman–Crippen MR) is 59.1 cm³/mol. The van der Waals surface area contributed by atoms with Crippen LogP contribution in [0.3, 0.4) is 0 Å². The Kier molecular flexibility index (Phi) is 2.94. The van der Waals surface area contributed by atoms with Crippen LogP contribution in [0.2, 0.25) is 0 Å². The monoisotopic (exact) mass is 219 g/mol. The lowest BCUT2D eigenvalue weighted by molar-refractivity contribution is 0.280. The topological polar surface area (TPSA) is 71.8 Å². The number of fused-ring (bicyclic) bond motifs is 1. The van der Waals surface area contributed by atoms with Crippen molar-refractivity contribution in [3.63, 3.8) is 0 Å². The molecular formula is C10H10BNO4. The van der Waals surface area contributed by atoms with Crippen molar-refractivity contribution in [3.05, 3.63) is 30.6 Å². The van der Waals surface area contributed by atoms with Gasteiger partial charge >= 0.3 is 7.32 Å². The van der Waals surface area contributed by atoms with Gasteiger partial charge in [-0.3, -0.25) is 4.98 Å². The fourth-order valence-electron chi connectivity index (χ4n) is 1.46. The van der Waals surface area contributed by atoms with Gasteiger partial charge in [-0.25, -0.2) is 0 Å². The summed E-state index contributed by atoms with van der Waals surface area (Å²) in [7, 11) is -0.387. The summed E-state index contributed by atoms with van der Waals surface area (Å²) >= 11 is 0. The molecule has 0 saturated carbocycles. The van der Waals surface area contributed by atoms with Crippen LogP contribution in [-0.2, 0) is 0 Å². The standard InChI is InChI=1S/C10H10BNO4/c1-15-9-5-8-6-12-3-2-7(8)4-10(9)16-11(13)14/h2-6,13-14H,1H3. The van der Waals surface area contributed by atoms with Gasteiger partial charge in [-0.1, -0.05) is 0 Å². The van der Waals surface area contributed by atoms with Crippen LogP contribution in [0.1, 0.15) is 0 Å². The van der Waals surface area contributed by atoms with Crippen molar-refractivity contribution in [2.24, 2.45) is 0 Å². The fourth-order valence-corrected chi connectivity index (χ4v) is 1.46. The van der Waals surface area contributed by atoms with E-state index < -0.39 is 7.32 Å².